The summed E-state index contributed by atoms with van der Waals surface area (Å²) in [6.07, 6.45) is 4.90. The first-order valence-corrected chi connectivity index (χ1v) is 9.08. The highest BCUT2D eigenvalue weighted by Gasteiger charge is 2.37. The van der Waals surface area contributed by atoms with Crippen molar-refractivity contribution in [3.63, 3.8) is 0 Å². The van der Waals surface area contributed by atoms with Crippen LogP contribution >= 0.6 is 0 Å². The van der Waals surface area contributed by atoms with Gasteiger partial charge in [-0.25, -0.2) is 0 Å². The lowest BCUT2D eigenvalue weighted by molar-refractivity contribution is -0.0525. The number of para-hydroxylation sites is 1. The van der Waals surface area contributed by atoms with Crippen LogP contribution in [-0.2, 0) is 4.74 Å². The summed E-state index contributed by atoms with van der Waals surface area (Å²) < 4.78 is 17.3. The van der Waals surface area contributed by atoms with Crippen molar-refractivity contribution in [1.29, 1.82) is 0 Å². The SMILES string of the molecule is CC1=CC2(CCN(C(=O)c3ccc(Oc4ccccc4)o3)CC2)OCC1. The highest BCUT2D eigenvalue weighted by atomic mass is 16.6. The van der Waals surface area contributed by atoms with Gasteiger partial charge in [0.25, 0.3) is 11.9 Å². The Hall–Kier alpha value is -2.53. The van der Waals surface area contributed by atoms with Gasteiger partial charge in [-0.1, -0.05) is 29.8 Å². The smallest absolute Gasteiger partial charge is 0.290 e. The zero-order valence-electron chi connectivity index (χ0n) is 14.9. The predicted octanol–water partition coefficient (Wildman–Crippen LogP) is 4.41. The van der Waals surface area contributed by atoms with Crippen LogP contribution in [0.3, 0.4) is 0 Å². The molecule has 5 nitrogen and oxygen atoms in total. The van der Waals surface area contributed by atoms with Gasteiger partial charge in [0.05, 0.1) is 12.2 Å². The predicted molar refractivity (Wildman–Crippen MR) is 97.4 cm³/mol. The molecule has 0 saturated carbocycles. The monoisotopic (exact) mass is 353 g/mol. The number of benzene rings is 1. The third kappa shape index (κ3) is 3.53. The molecular formula is C21H23NO4. The molecule has 4 rings (SSSR count). The summed E-state index contributed by atoms with van der Waals surface area (Å²) in [5.41, 5.74) is 1.19. The molecule has 0 N–H and O–H groups in total. The summed E-state index contributed by atoms with van der Waals surface area (Å²) in [5, 5.41) is 0. The second-order valence-corrected chi connectivity index (χ2v) is 6.98. The molecule has 1 amide bonds. The summed E-state index contributed by atoms with van der Waals surface area (Å²) in [6, 6.07) is 12.7. The maximum absolute atomic E-state index is 12.7. The summed E-state index contributed by atoms with van der Waals surface area (Å²) in [4.78, 5) is 14.6. The average molecular weight is 353 g/mol. The summed E-state index contributed by atoms with van der Waals surface area (Å²) in [5.74, 6) is 1.21. The molecule has 0 bridgehead atoms. The number of furan rings is 1. The van der Waals surface area contributed by atoms with Gasteiger partial charge in [-0.3, -0.25) is 4.79 Å². The van der Waals surface area contributed by atoms with Crippen LogP contribution in [0.1, 0.15) is 36.7 Å². The Morgan fingerprint density at radius 2 is 1.88 bits per heavy atom. The molecular weight excluding hydrogens is 330 g/mol. The normalized spacial score (nSPS) is 19.3. The number of ether oxygens (including phenoxy) is 2. The van der Waals surface area contributed by atoms with E-state index < -0.39 is 0 Å². The molecule has 3 heterocycles. The van der Waals surface area contributed by atoms with Gasteiger partial charge >= 0.3 is 0 Å². The van der Waals surface area contributed by atoms with Gasteiger partial charge < -0.3 is 18.8 Å². The average Bonchev–Trinajstić information content (AvgIpc) is 3.11. The Labute approximate surface area is 153 Å². The van der Waals surface area contributed by atoms with Crippen molar-refractivity contribution in [2.45, 2.75) is 31.8 Å². The largest absolute Gasteiger partial charge is 0.426 e. The first-order chi connectivity index (χ1) is 12.6. The van der Waals surface area contributed by atoms with E-state index in [-0.39, 0.29) is 11.5 Å². The number of carbonyl (C=O) groups is 1. The number of nitrogens with zero attached hydrogens (tertiary/aromatic N) is 1. The van der Waals surface area contributed by atoms with Crippen molar-refractivity contribution >= 4 is 5.91 Å². The lowest BCUT2D eigenvalue weighted by Crippen LogP contribution is -2.48. The third-order valence-corrected chi connectivity index (χ3v) is 5.05. The van der Waals surface area contributed by atoms with Crippen molar-refractivity contribution < 1.29 is 18.7 Å². The second kappa shape index (κ2) is 7.00. The van der Waals surface area contributed by atoms with Crippen molar-refractivity contribution in [2.75, 3.05) is 19.7 Å². The molecule has 1 saturated heterocycles. The number of amides is 1. The van der Waals surface area contributed by atoms with Crippen LogP contribution in [0.4, 0.5) is 0 Å². The van der Waals surface area contributed by atoms with Crippen LogP contribution in [0.25, 0.3) is 0 Å². The van der Waals surface area contributed by atoms with E-state index in [2.05, 4.69) is 13.0 Å². The van der Waals surface area contributed by atoms with Crippen LogP contribution in [0.5, 0.6) is 11.7 Å². The molecule has 1 spiro atoms. The van der Waals surface area contributed by atoms with E-state index in [0.29, 0.717) is 30.5 Å². The molecule has 0 aliphatic carbocycles. The van der Waals surface area contributed by atoms with Crippen molar-refractivity contribution in [1.82, 2.24) is 4.90 Å². The maximum Gasteiger partial charge on any atom is 0.290 e. The van der Waals surface area contributed by atoms with Crippen LogP contribution in [-0.4, -0.2) is 36.1 Å². The fourth-order valence-corrected chi connectivity index (χ4v) is 3.61. The third-order valence-electron chi connectivity index (χ3n) is 5.05. The molecule has 1 aromatic heterocycles. The van der Waals surface area contributed by atoms with E-state index in [4.69, 9.17) is 13.9 Å². The molecule has 26 heavy (non-hydrogen) atoms. The molecule has 2 aliphatic rings. The minimum atomic E-state index is -0.191. The lowest BCUT2D eigenvalue weighted by Gasteiger charge is -2.41. The first kappa shape index (κ1) is 16.9. The number of hydrogen-bond donors (Lipinski definition) is 0. The van der Waals surface area contributed by atoms with Crippen LogP contribution < -0.4 is 4.74 Å². The first-order valence-electron chi connectivity index (χ1n) is 9.08. The second-order valence-electron chi connectivity index (χ2n) is 6.98. The van der Waals surface area contributed by atoms with Crippen molar-refractivity contribution in [2.24, 2.45) is 0 Å². The Kier molecular flexibility index (Phi) is 4.55. The minimum Gasteiger partial charge on any atom is -0.426 e. The highest BCUT2D eigenvalue weighted by Crippen LogP contribution is 2.33. The molecule has 2 aliphatic heterocycles. The number of carbonyl (C=O) groups excluding carboxylic acids is 1. The van der Waals surface area contributed by atoms with Crippen LogP contribution in [0.15, 0.2) is 58.5 Å². The number of hydrogen-bond acceptors (Lipinski definition) is 4. The molecule has 0 radical (unpaired) electrons. The van der Waals surface area contributed by atoms with E-state index in [1.165, 1.54) is 5.57 Å². The van der Waals surface area contributed by atoms with Gasteiger partial charge in [-0.15, -0.1) is 0 Å². The quantitative estimate of drug-likeness (QED) is 0.767. The molecule has 1 aromatic carbocycles. The molecule has 2 aromatic rings. The molecule has 1 fully saturated rings. The zero-order chi connectivity index (χ0) is 18.0. The lowest BCUT2D eigenvalue weighted by atomic mass is 9.87. The minimum absolute atomic E-state index is 0.0979. The van der Waals surface area contributed by atoms with E-state index in [1.54, 1.807) is 12.1 Å². The Morgan fingerprint density at radius 1 is 1.12 bits per heavy atom. The molecule has 0 atom stereocenters. The zero-order valence-corrected chi connectivity index (χ0v) is 14.9. The molecule has 5 heteroatoms. The van der Waals surface area contributed by atoms with E-state index in [9.17, 15) is 4.79 Å². The van der Waals surface area contributed by atoms with Gasteiger partial charge in [-0.2, -0.15) is 0 Å². The Morgan fingerprint density at radius 3 is 2.62 bits per heavy atom. The molecule has 0 unspecified atom stereocenters. The van der Waals surface area contributed by atoms with Crippen molar-refractivity contribution in [3.05, 3.63) is 59.9 Å². The standard InChI is InChI=1S/C21H23NO4/c1-16-9-14-24-21(15-16)10-12-22(13-11-21)20(23)18-7-8-19(26-18)25-17-5-3-2-4-6-17/h2-8,15H,9-14H2,1H3. The van der Waals surface area contributed by atoms with Gasteiger partial charge in [-0.05, 0) is 44.4 Å². The molecule has 136 valence electrons. The van der Waals surface area contributed by atoms with E-state index in [1.807, 2.05) is 35.2 Å². The van der Waals surface area contributed by atoms with Crippen LogP contribution in [0.2, 0.25) is 0 Å². The topological polar surface area (TPSA) is 51.9 Å². The fourth-order valence-electron chi connectivity index (χ4n) is 3.61. The number of piperidine rings is 1. The summed E-state index contributed by atoms with van der Waals surface area (Å²) >= 11 is 0. The van der Waals surface area contributed by atoms with Gasteiger partial charge in [0, 0.05) is 19.2 Å². The van der Waals surface area contributed by atoms with Crippen LogP contribution in [0, 0.1) is 0 Å². The van der Waals surface area contributed by atoms with Gasteiger partial charge in [0.1, 0.15) is 5.75 Å². The van der Waals surface area contributed by atoms with Crippen molar-refractivity contribution in [3.8, 4) is 11.7 Å². The van der Waals surface area contributed by atoms with E-state index in [0.717, 1.165) is 25.9 Å². The maximum atomic E-state index is 12.7. The van der Waals surface area contributed by atoms with Gasteiger partial charge in [0.15, 0.2) is 5.76 Å². The number of rotatable bonds is 3. The summed E-state index contributed by atoms with van der Waals surface area (Å²) in [7, 11) is 0. The number of likely N-dealkylation sites (tertiary alicyclic amines) is 1. The fraction of sp³-hybridized carbons (Fsp3) is 0.381. The van der Waals surface area contributed by atoms with E-state index >= 15 is 0 Å². The summed E-state index contributed by atoms with van der Waals surface area (Å²) in [6.45, 7) is 4.25. The van der Waals surface area contributed by atoms with Gasteiger partial charge in [0.2, 0.25) is 0 Å². The highest BCUT2D eigenvalue weighted by molar-refractivity contribution is 5.91. The Bertz CT molecular complexity index is 800. The Balaban J connectivity index is 1.39.